The Morgan fingerprint density at radius 3 is 2.63 bits per heavy atom. The Morgan fingerprint density at radius 2 is 1.93 bits per heavy atom. The van der Waals surface area contributed by atoms with Crippen LogP contribution in [-0.4, -0.2) is 32.8 Å². The molecule has 2 aromatic carbocycles. The van der Waals surface area contributed by atoms with Gasteiger partial charge in [0.05, 0.1) is 6.61 Å². The van der Waals surface area contributed by atoms with Gasteiger partial charge in [-0.15, -0.1) is 0 Å². The number of nitrogens with one attached hydrogen (secondary N) is 1. The van der Waals surface area contributed by atoms with Crippen LogP contribution in [-0.2, 0) is 9.53 Å². The molecule has 1 atom stereocenters. The van der Waals surface area contributed by atoms with Gasteiger partial charge in [0.1, 0.15) is 11.3 Å². The van der Waals surface area contributed by atoms with E-state index in [1.54, 1.807) is 12.1 Å². The van der Waals surface area contributed by atoms with E-state index in [1.807, 2.05) is 37.3 Å². The van der Waals surface area contributed by atoms with Crippen LogP contribution in [0.25, 0.3) is 22.1 Å². The van der Waals surface area contributed by atoms with Gasteiger partial charge in [-0.25, -0.2) is 4.79 Å². The molecule has 27 heavy (non-hydrogen) atoms. The molecule has 0 unspecified atom stereocenters. The minimum absolute atomic E-state index is 0.102. The lowest BCUT2D eigenvalue weighted by atomic mass is 9.98. The van der Waals surface area contributed by atoms with Crippen LogP contribution < -0.4 is 15.7 Å². The fraction of sp³-hybridized carbons (Fsp3) is 0.238. The first kappa shape index (κ1) is 18.7. The summed E-state index contributed by atoms with van der Waals surface area (Å²) in [5.74, 6) is 0.116. The van der Waals surface area contributed by atoms with Crippen LogP contribution >= 0.6 is 0 Å². The Hall–Kier alpha value is -3.12. The van der Waals surface area contributed by atoms with E-state index in [0.717, 1.165) is 22.1 Å². The molecular formula is C21H21NO5. The molecule has 1 N–H and O–H groups in total. The van der Waals surface area contributed by atoms with Crippen molar-refractivity contribution in [3.8, 4) is 16.9 Å². The molecule has 0 spiro atoms. The standard InChI is InChI=1S/C21H21NO5/c1-13-6-4-5-7-15(13)17-11-20(23)27-18-10-14(8-9-16(17)18)26-19(12-25-3)21(24)22-2/h4-11,19H,12H2,1-3H3,(H,22,24)/t19-/m1/s1. The maximum absolute atomic E-state index is 12.1. The highest BCUT2D eigenvalue weighted by atomic mass is 16.5. The van der Waals surface area contributed by atoms with Gasteiger partial charge in [0.15, 0.2) is 6.10 Å². The fourth-order valence-corrected chi connectivity index (χ4v) is 2.95. The summed E-state index contributed by atoms with van der Waals surface area (Å²) < 4.78 is 16.1. The number of carbonyl (C=O) groups excluding carboxylic acids is 1. The molecule has 6 heteroatoms. The summed E-state index contributed by atoms with van der Waals surface area (Å²) in [6.07, 6.45) is -0.802. The number of hydrogen-bond donors (Lipinski definition) is 1. The van der Waals surface area contributed by atoms with E-state index < -0.39 is 11.7 Å². The third-order valence-electron chi connectivity index (χ3n) is 4.29. The number of carbonyl (C=O) groups is 1. The predicted molar refractivity (Wildman–Crippen MR) is 103 cm³/mol. The monoisotopic (exact) mass is 367 g/mol. The maximum Gasteiger partial charge on any atom is 0.336 e. The molecule has 3 rings (SSSR count). The topological polar surface area (TPSA) is 77.8 Å². The second-order valence-corrected chi connectivity index (χ2v) is 6.13. The number of aryl methyl sites for hydroxylation is 1. The summed E-state index contributed by atoms with van der Waals surface area (Å²) in [5.41, 5.74) is 2.77. The Balaban J connectivity index is 2.05. The average Bonchev–Trinajstić information content (AvgIpc) is 2.66. The van der Waals surface area contributed by atoms with E-state index >= 15 is 0 Å². The Labute approximate surface area is 156 Å². The molecule has 0 saturated heterocycles. The lowest BCUT2D eigenvalue weighted by Crippen LogP contribution is -2.39. The largest absolute Gasteiger partial charge is 0.478 e. The third kappa shape index (κ3) is 4.01. The van der Waals surface area contributed by atoms with E-state index in [-0.39, 0.29) is 12.5 Å². The molecule has 3 aromatic rings. The molecule has 1 aromatic heterocycles. The first-order valence-corrected chi connectivity index (χ1v) is 8.54. The molecular weight excluding hydrogens is 346 g/mol. The fourth-order valence-electron chi connectivity index (χ4n) is 2.95. The van der Waals surface area contributed by atoms with Gasteiger partial charge in [0, 0.05) is 37.2 Å². The SMILES string of the molecule is CNC(=O)[C@@H](COC)Oc1ccc2c(-c3ccccc3C)cc(=O)oc2c1. The Kier molecular flexibility index (Phi) is 5.57. The number of methoxy groups -OCH3 is 1. The summed E-state index contributed by atoms with van der Waals surface area (Å²) in [7, 11) is 3.02. The number of rotatable bonds is 6. The normalized spacial score (nSPS) is 12.0. The van der Waals surface area contributed by atoms with Gasteiger partial charge in [-0.2, -0.15) is 0 Å². The van der Waals surface area contributed by atoms with Crippen molar-refractivity contribution >= 4 is 16.9 Å². The molecule has 0 fully saturated rings. The first-order valence-electron chi connectivity index (χ1n) is 8.54. The minimum Gasteiger partial charge on any atom is -0.478 e. The smallest absolute Gasteiger partial charge is 0.336 e. The zero-order valence-corrected chi connectivity index (χ0v) is 15.4. The lowest BCUT2D eigenvalue weighted by Gasteiger charge is -2.17. The van der Waals surface area contributed by atoms with Gasteiger partial charge in [-0.3, -0.25) is 4.79 Å². The van der Waals surface area contributed by atoms with Gasteiger partial charge in [-0.05, 0) is 30.2 Å². The second-order valence-electron chi connectivity index (χ2n) is 6.13. The van der Waals surface area contributed by atoms with E-state index in [0.29, 0.717) is 11.3 Å². The number of fused-ring (bicyclic) bond motifs is 1. The van der Waals surface area contributed by atoms with Crippen LogP contribution in [0.4, 0.5) is 0 Å². The quantitative estimate of drug-likeness (QED) is 0.678. The second kappa shape index (κ2) is 8.05. The molecule has 0 aliphatic heterocycles. The highest BCUT2D eigenvalue weighted by Crippen LogP contribution is 2.31. The predicted octanol–water partition coefficient (Wildman–Crippen LogP) is 2.91. The van der Waals surface area contributed by atoms with Crippen LogP contribution in [0.1, 0.15) is 5.56 Å². The third-order valence-corrected chi connectivity index (χ3v) is 4.29. The molecule has 1 heterocycles. The summed E-state index contributed by atoms with van der Waals surface area (Å²) in [4.78, 5) is 24.0. The number of benzene rings is 2. The van der Waals surface area contributed by atoms with Gasteiger partial charge in [0.2, 0.25) is 0 Å². The molecule has 0 bridgehead atoms. The van der Waals surface area contributed by atoms with Gasteiger partial charge in [-0.1, -0.05) is 24.3 Å². The highest BCUT2D eigenvalue weighted by molar-refractivity contribution is 5.94. The number of ether oxygens (including phenoxy) is 2. The van der Waals surface area contributed by atoms with Crippen LogP contribution in [0.5, 0.6) is 5.75 Å². The van der Waals surface area contributed by atoms with Crippen molar-refractivity contribution in [1.29, 1.82) is 0 Å². The van der Waals surface area contributed by atoms with Crippen molar-refractivity contribution in [3.05, 3.63) is 64.5 Å². The Bertz CT molecular complexity index is 1020. The van der Waals surface area contributed by atoms with Crippen LogP contribution in [0, 0.1) is 6.92 Å². The highest BCUT2D eigenvalue weighted by Gasteiger charge is 2.19. The number of likely N-dealkylation sites (N-methyl/N-ethyl adjacent to an activating group) is 1. The summed E-state index contributed by atoms with van der Waals surface area (Å²) in [6.45, 7) is 2.09. The molecule has 140 valence electrons. The molecule has 0 aliphatic carbocycles. The molecule has 0 saturated carbocycles. The summed E-state index contributed by atoms with van der Waals surface area (Å²) in [5, 5.41) is 3.33. The van der Waals surface area contributed by atoms with Crippen molar-refractivity contribution in [2.24, 2.45) is 0 Å². The molecule has 6 nitrogen and oxygen atoms in total. The van der Waals surface area contributed by atoms with E-state index in [1.165, 1.54) is 20.2 Å². The zero-order chi connectivity index (χ0) is 19.4. The van der Waals surface area contributed by atoms with Crippen molar-refractivity contribution in [1.82, 2.24) is 5.32 Å². The average molecular weight is 367 g/mol. The zero-order valence-electron chi connectivity index (χ0n) is 15.4. The Morgan fingerprint density at radius 1 is 1.15 bits per heavy atom. The minimum atomic E-state index is -0.802. The van der Waals surface area contributed by atoms with E-state index in [2.05, 4.69) is 5.32 Å². The van der Waals surface area contributed by atoms with E-state index in [9.17, 15) is 9.59 Å². The van der Waals surface area contributed by atoms with Crippen molar-refractivity contribution < 1.29 is 18.7 Å². The van der Waals surface area contributed by atoms with Gasteiger partial charge in [0.25, 0.3) is 5.91 Å². The van der Waals surface area contributed by atoms with Crippen molar-refractivity contribution in [3.63, 3.8) is 0 Å². The molecule has 0 radical (unpaired) electrons. The van der Waals surface area contributed by atoms with E-state index in [4.69, 9.17) is 13.9 Å². The molecule has 1 amide bonds. The first-order chi connectivity index (χ1) is 13.0. The summed E-state index contributed by atoms with van der Waals surface area (Å²) >= 11 is 0. The van der Waals surface area contributed by atoms with Crippen LogP contribution in [0.3, 0.4) is 0 Å². The lowest BCUT2D eigenvalue weighted by molar-refractivity contribution is -0.129. The van der Waals surface area contributed by atoms with Crippen molar-refractivity contribution in [2.45, 2.75) is 13.0 Å². The van der Waals surface area contributed by atoms with Crippen molar-refractivity contribution in [2.75, 3.05) is 20.8 Å². The van der Waals surface area contributed by atoms with Gasteiger partial charge < -0.3 is 19.2 Å². The van der Waals surface area contributed by atoms with Crippen LogP contribution in [0.2, 0.25) is 0 Å². The van der Waals surface area contributed by atoms with Crippen LogP contribution in [0.15, 0.2) is 57.7 Å². The maximum atomic E-state index is 12.1. The summed E-state index contributed by atoms with van der Waals surface area (Å²) in [6, 6.07) is 14.5. The number of amides is 1. The van der Waals surface area contributed by atoms with Gasteiger partial charge >= 0.3 is 5.63 Å². The molecule has 0 aliphatic rings. The number of hydrogen-bond acceptors (Lipinski definition) is 5.